The van der Waals surface area contributed by atoms with E-state index in [1.807, 2.05) is 31.2 Å². The highest BCUT2D eigenvalue weighted by molar-refractivity contribution is 6.09. The van der Waals surface area contributed by atoms with E-state index >= 15 is 0 Å². The summed E-state index contributed by atoms with van der Waals surface area (Å²) in [6.45, 7) is 5.70. The van der Waals surface area contributed by atoms with E-state index in [1.54, 1.807) is 13.8 Å². The Kier molecular flexibility index (Phi) is 3.95. The maximum absolute atomic E-state index is 12.8. The normalized spacial score (nSPS) is 32.2. The first kappa shape index (κ1) is 16.6. The molecule has 6 heteroatoms. The Balaban J connectivity index is 2.09. The number of carbonyl (C=O) groups is 3. The monoisotopic (exact) mass is 330 g/mol. The fourth-order valence-corrected chi connectivity index (χ4v) is 3.97. The average Bonchev–Trinajstić information content (AvgIpc) is 3.02. The summed E-state index contributed by atoms with van der Waals surface area (Å²) in [5, 5.41) is 3.22. The second kappa shape index (κ2) is 5.70. The van der Waals surface area contributed by atoms with Gasteiger partial charge in [-0.25, -0.2) is 0 Å². The topological polar surface area (TPSA) is 75.7 Å². The Labute approximate surface area is 141 Å². The average molecular weight is 330 g/mol. The summed E-state index contributed by atoms with van der Waals surface area (Å²) in [6, 6.07) is 7.38. The Hall–Kier alpha value is -2.21. The molecule has 24 heavy (non-hydrogen) atoms. The van der Waals surface area contributed by atoms with Crippen molar-refractivity contribution in [3.63, 3.8) is 0 Å². The number of benzene rings is 1. The third-order valence-corrected chi connectivity index (χ3v) is 5.24. The minimum Gasteiger partial charge on any atom is -0.468 e. The molecular weight excluding hydrogens is 308 g/mol. The van der Waals surface area contributed by atoms with E-state index in [-0.39, 0.29) is 11.8 Å². The van der Waals surface area contributed by atoms with Gasteiger partial charge >= 0.3 is 5.97 Å². The molecule has 1 N–H and O–H groups in total. The van der Waals surface area contributed by atoms with Crippen LogP contribution in [0.1, 0.15) is 31.0 Å². The fourth-order valence-electron chi connectivity index (χ4n) is 3.97. The number of nitrogens with zero attached hydrogens (tertiary/aromatic N) is 1. The maximum Gasteiger partial charge on any atom is 0.326 e. The van der Waals surface area contributed by atoms with Crippen LogP contribution in [0.15, 0.2) is 24.3 Å². The van der Waals surface area contributed by atoms with E-state index in [2.05, 4.69) is 5.32 Å². The molecule has 3 rings (SSSR count). The number of carbonyl (C=O) groups excluding carboxylic acids is 3. The summed E-state index contributed by atoms with van der Waals surface area (Å²) in [6.07, 6.45) is 0. The molecule has 0 unspecified atom stereocenters. The third-order valence-electron chi connectivity index (χ3n) is 5.24. The number of aryl methyl sites for hydroxylation is 1. The van der Waals surface area contributed by atoms with Gasteiger partial charge in [0.15, 0.2) is 0 Å². The predicted octanol–water partition coefficient (Wildman–Crippen LogP) is 1.19. The zero-order valence-corrected chi connectivity index (χ0v) is 14.3. The van der Waals surface area contributed by atoms with E-state index in [0.29, 0.717) is 6.54 Å². The molecular formula is C18H22N2O4. The van der Waals surface area contributed by atoms with E-state index in [1.165, 1.54) is 12.0 Å². The van der Waals surface area contributed by atoms with Gasteiger partial charge in [-0.2, -0.15) is 0 Å². The van der Waals surface area contributed by atoms with Crippen LogP contribution in [-0.4, -0.2) is 41.9 Å². The number of methoxy groups -OCH3 is 1. The molecule has 2 heterocycles. The highest BCUT2D eigenvalue weighted by Gasteiger charge is 2.66. The van der Waals surface area contributed by atoms with Crippen LogP contribution in [0, 0.1) is 18.8 Å². The Morgan fingerprint density at radius 3 is 2.42 bits per heavy atom. The summed E-state index contributed by atoms with van der Waals surface area (Å²) in [7, 11) is 1.29. The summed E-state index contributed by atoms with van der Waals surface area (Å²) in [5.41, 5.74) is 0.779. The van der Waals surface area contributed by atoms with Crippen molar-refractivity contribution in [3.8, 4) is 0 Å². The Bertz CT molecular complexity index is 699. The molecule has 0 spiro atoms. The summed E-state index contributed by atoms with van der Waals surface area (Å²) in [5.74, 6) is -2.39. The van der Waals surface area contributed by atoms with Crippen molar-refractivity contribution < 1.29 is 19.1 Å². The molecule has 0 radical (unpaired) electrons. The van der Waals surface area contributed by atoms with E-state index in [9.17, 15) is 14.4 Å². The highest BCUT2D eigenvalue weighted by Crippen LogP contribution is 2.48. The van der Waals surface area contributed by atoms with Crippen molar-refractivity contribution in [2.24, 2.45) is 11.8 Å². The number of hydrogen-bond donors (Lipinski definition) is 1. The van der Waals surface area contributed by atoms with E-state index in [0.717, 1.165) is 11.1 Å². The number of amides is 2. The number of imide groups is 1. The first-order chi connectivity index (χ1) is 11.3. The molecule has 6 nitrogen and oxygen atoms in total. The third kappa shape index (κ3) is 2.17. The second-order valence-corrected chi connectivity index (χ2v) is 6.65. The minimum atomic E-state index is -1.22. The lowest BCUT2D eigenvalue weighted by Gasteiger charge is -2.28. The molecule has 2 saturated heterocycles. The number of esters is 1. The van der Waals surface area contributed by atoms with Crippen LogP contribution in [0.2, 0.25) is 0 Å². The standard InChI is InChI=1S/C18H22N2O4/c1-5-20-15(21)12-13(16(20)22)18(3,17(23)24-4)19-14(12)11-8-6-10(2)7-9-11/h6-9,12-14,19H,5H2,1-4H3/t12-,13-,14-,18+/m0/s1. The van der Waals surface area contributed by atoms with Crippen molar-refractivity contribution in [2.75, 3.05) is 13.7 Å². The second-order valence-electron chi connectivity index (χ2n) is 6.65. The van der Waals surface area contributed by atoms with Gasteiger partial charge in [-0.1, -0.05) is 29.8 Å². The van der Waals surface area contributed by atoms with Crippen molar-refractivity contribution in [1.29, 1.82) is 0 Å². The fraction of sp³-hybridized carbons (Fsp3) is 0.500. The molecule has 2 amide bonds. The van der Waals surface area contributed by atoms with Gasteiger partial charge in [-0.05, 0) is 26.3 Å². The number of ether oxygens (including phenoxy) is 1. The molecule has 4 atom stereocenters. The number of fused-ring (bicyclic) bond motifs is 1. The van der Waals surface area contributed by atoms with Gasteiger partial charge < -0.3 is 4.74 Å². The highest BCUT2D eigenvalue weighted by atomic mass is 16.5. The number of hydrogen-bond acceptors (Lipinski definition) is 5. The number of nitrogens with one attached hydrogen (secondary N) is 1. The molecule has 2 aliphatic rings. The lowest BCUT2D eigenvalue weighted by atomic mass is 9.80. The van der Waals surface area contributed by atoms with Crippen LogP contribution >= 0.6 is 0 Å². The molecule has 2 aliphatic heterocycles. The van der Waals surface area contributed by atoms with Gasteiger partial charge in [0.25, 0.3) is 0 Å². The van der Waals surface area contributed by atoms with Crippen molar-refractivity contribution in [3.05, 3.63) is 35.4 Å². The Morgan fingerprint density at radius 2 is 1.88 bits per heavy atom. The van der Waals surface area contributed by atoms with Crippen molar-refractivity contribution in [1.82, 2.24) is 10.2 Å². The van der Waals surface area contributed by atoms with Gasteiger partial charge in [-0.3, -0.25) is 24.6 Å². The smallest absolute Gasteiger partial charge is 0.326 e. The van der Waals surface area contributed by atoms with Crippen molar-refractivity contribution >= 4 is 17.8 Å². The maximum atomic E-state index is 12.8. The quantitative estimate of drug-likeness (QED) is 0.665. The number of rotatable bonds is 3. The zero-order valence-electron chi connectivity index (χ0n) is 14.3. The summed E-state index contributed by atoms with van der Waals surface area (Å²) in [4.78, 5) is 39.2. The molecule has 0 aromatic heterocycles. The molecule has 1 aromatic carbocycles. The molecule has 0 saturated carbocycles. The lowest BCUT2D eigenvalue weighted by Crippen LogP contribution is -2.53. The van der Waals surface area contributed by atoms with E-state index < -0.39 is 29.4 Å². The molecule has 0 bridgehead atoms. The number of likely N-dealkylation sites (tertiary alicyclic amines) is 1. The summed E-state index contributed by atoms with van der Waals surface area (Å²) >= 11 is 0. The minimum absolute atomic E-state index is 0.224. The predicted molar refractivity (Wildman–Crippen MR) is 86.9 cm³/mol. The van der Waals surface area contributed by atoms with Gasteiger partial charge in [0.2, 0.25) is 11.8 Å². The van der Waals surface area contributed by atoms with Crippen LogP contribution in [0.4, 0.5) is 0 Å². The van der Waals surface area contributed by atoms with Crippen LogP contribution < -0.4 is 5.32 Å². The molecule has 0 aliphatic carbocycles. The van der Waals surface area contributed by atoms with Crippen LogP contribution in [-0.2, 0) is 19.1 Å². The van der Waals surface area contributed by atoms with Crippen LogP contribution in [0.25, 0.3) is 0 Å². The lowest BCUT2D eigenvalue weighted by molar-refractivity contribution is -0.153. The SMILES string of the molecule is CCN1C(=O)[C@H]2[C@@H](C1=O)[C@](C)(C(=O)OC)N[C@H]2c1ccc(C)cc1. The van der Waals surface area contributed by atoms with Gasteiger partial charge in [0, 0.05) is 12.6 Å². The van der Waals surface area contributed by atoms with Gasteiger partial charge in [-0.15, -0.1) is 0 Å². The van der Waals surface area contributed by atoms with Gasteiger partial charge in [0.1, 0.15) is 5.54 Å². The largest absolute Gasteiger partial charge is 0.468 e. The van der Waals surface area contributed by atoms with Crippen LogP contribution in [0.5, 0.6) is 0 Å². The van der Waals surface area contributed by atoms with Crippen LogP contribution in [0.3, 0.4) is 0 Å². The summed E-state index contributed by atoms with van der Waals surface area (Å²) < 4.78 is 4.92. The first-order valence-electron chi connectivity index (χ1n) is 8.13. The van der Waals surface area contributed by atoms with E-state index in [4.69, 9.17) is 4.74 Å². The molecule has 2 fully saturated rings. The van der Waals surface area contributed by atoms with Crippen molar-refractivity contribution in [2.45, 2.75) is 32.4 Å². The zero-order chi connectivity index (χ0) is 17.6. The molecule has 1 aromatic rings. The van der Waals surface area contributed by atoms with Gasteiger partial charge in [0.05, 0.1) is 18.9 Å². The molecule has 128 valence electrons. The Morgan fingerprint density at radius 1 is 1.25 bits per heavy atom. The first-order valence-corrected chi connectivity index (χ1v) is 8.13.